The molecule has 0 aliphatic heterocycles. The highest BCUT2D eigenvalue weighted by Crippen LogP contribution is 1.98. The predicted octanol–water partition coefficient (Wildman–Crippen LogP) is 1.70. The molecular weight excluding hydrogens is 149 g/mol. The van der Waals surface area contributed by atoms with E-state index < -0.39 is 6.98 Å². The van der Waals surface area contributed by atoms with Gasteiger partial charge in [0.2, 0.25) is 0 Å². The van der Waals surface area contributed by atoms with Crippen LogP contribution in [0.3, 0.4) is 0 Å². The zero-order chi connectivity index (χ0) is 11.1. The molecule has 0 aromatic carbocycles. The first-order valence-electron chi connectivity index (χ1n) is 5.39. The topological polar surface area (TPSA) is 24.9 Å². The van der Waals surface area contributed by atoms with Gasteiger partial charge in [0.1, 0.15) is 0 Å². The normalized spacial score (nSPS) is 15.5. The van der Waals surface area contributed by atoms with Gasteiger partial charge in [-0.15, -0.1) is 0 Å². The van der Waals surface area contributed by atoms with Gasteiger partial charge in [0.25, 0.3) is 0 Å². The largest absolute Gasteiger partial charge is 0.319 e. The van der Waals surface area contributed by atoms with E-state index in [1.807, 2.05) is 24.3 Å². The maximum Gasteiger partial charge on any atom is 0.0391 e. The second kappa shape index (κ2) is 5.49. The van der Waals surface area contributed by atoms with Crippen LogP contribution in [0, 0.1) is 0 Å². The zero-order valence-electron chi connectivity index (χ0n) is 9.83. The summed E-state index contributed by atoms with van der Waals surface area (Å²) in [4.78, 5) is 3.97. The third-order valence-corrected chi connectivity index (χ3v) is 1.43. The van der Waals surface area contributed by atoms with E-state index in [0.717, 1.165) is 5.56 Å². The van der Waals surface area contributed by atoms with Crippen molar-refractivity contribution >= 4 is 6.08 Å². The smallest absolute Gasteiger partial charge is 0.0391 e. The van der Waals surface area contributed by atoms with Crippen LogP contribution in [0.5, 0.6) is 0 Å². The van der Waals surface area contributed by atoms with Gasteiger partial charge in [-0.25, -0.2) is 0 Å². The van der Waals surface area contributed by atoms with Gasteiger partial charge in [0, 0.05) is 16.5 Å². The quantitative estimate of drug-likeness (QED) is 0.544. The van der Waals surface area contributed by atoms with Crippen LogP contribution >= 0.6 is 0 Å². The summed E-state index contributed by atoms with van der Waals surface area (Å²) >= 11 is 0. The molecule has 1 aromatic rings. The van der Waals surface area contributed by atoms with E-state index >= 15 is 0 Å². The first-order valence-corrected chi connectivity index (χ1v) is 3.89. The lowest BCUT2D eigenvalue weighted by atomic mass is 10.2. The molecule has 0 saturated carbocycles. The predicted molar refractivity (Wildman–Crippen MR) is 51.8 cm³/mol. The van der Waals surface area contributed by atoms with E-state index in [4.69, 9.17) is 4.11 Å². The number of pyridine rings is 1. The molecule has 64 valence electrons. The van der Waals surface area contributed by atoms with Crippen molar-refractivity contribution in [3.05, 3.63) is 36.2 Å². The van der Waals surface area contributed by atoms with Crippen molar-refractivity contribution in [2.24, 2.45) is 0 Å². The Hall–Kier alpha value is -1.15. The minimum atomic E-state index is -2.04. The molecule has 0 aliphatic carbocycles. The Bertz CT molecular complexity index is 306. The van der Waals surface area contributed by atoms with Crippen molar-refractivity contribution in [1.29, 1.82) is 0 Å². The molecule has 2 nitrogen and oxygen atoms in total. The van der Waals surface area contributed by atoms with E-state index in [9.17, 15) is 0 Å². The molecule has 0 bridgehead atoms. The number of hydrogen-bond donors (Lipinski definition) is 1. The summed E-state index contributed by atoms with van der Waals surface area (Å²) in [6.07, 6.45) is 8.01. The minimum absolute atomic E-state index is 0.452. The third-order valence-electron chi connectivity index (χ3n) is 1.43. The Morgan fingerprint density at radius 1 is 1.75 bits per heavy atom. The fraction of sp³-hybridized carbons (Fsp3) is 0.300. The van der Waals surface area contributed by atoms with Crippen LogP contribution in [-0.2, 0) is 0 Å². The van der Waals surface area contributed by atoms with Crippen LogP contribution in [0.4, 0.5) is 0 Å². The fourth-order valence-corrected chi connectivity index (χ4v) is 0.849. The van der Waals surface area contributed by atoms with Crippen molar-refractivity contribution in [1.82, 2.24) is 10.3 Å². The molecule has 0 radical (unpaired) electrons. The van der Waals surface area contributed by atoms with Crippen molar-refractivity contribution < 1.29 is 4.11 Å². The van der Waals surface area contributed by atoms with E-state index in [1.165, 1.54) is 0 Å². The summed E-state index contributed by atoms with van der Waals surface area (Å²) in [5.74, 6) is 0. The lowest BCUT2D eigenvalue weighted by Crippen LogP contribution is -2.05. The summed E-state index contributed by atoms with van der Waals surface area (Å²) in [6.45, 7) is -1.59. The standard InChI is InChI=1S/C10H14N2/c1-11-7-3-2-5-10-6-4-8-12-9-10/h2,4-6,8-9,11H,3,7H2,1H3/b5-2+/i1+1D3. The lowest BCUT2D eigenvalue weighted by Gasteiger charge is -1.92. The molecule has 12 heavy (non-hydrogen) atoms. The van der Waals surface area contributed by atoms with Gasteiger partial charge >= 0.3 is 0 Å². The molecule has 0 spiro atoms. The molecule has 0 amide bonds. The number of nitrogens with zero attached hydrogens (tertiary/aromatic N) is 1. The monoisotopic (exact) mass is 166 g/mol. The zero-order valence-corrected chi connectivity index (χ0v) is 6.83. The Balaban J connectivity index is 2.24. The van der Waals surface area contributed by atoms with Crippen molar-refractivity contribution in [3.8, 4) is 0 Å². The van der Waals surface area contributed by atoms with Crippen LogP contribution in [0.15, 0.2) is 30.6 Å². The SMILES string of the molecule is [2H][13C]([2H])([2H])NCC/C=C/c1cccnc1. The van der Waals surface area contributed by atoms with Gasteiger partial charge in [-0.1, -0.05) is 18.2 Å². The van der Waals surface area contributed by atoms with E-state index in [2.05, 4.69) is 10.3 Å². The van der Waals surface area contributed by atoms with Crippen LogP contribution in [0.1, 0.15) is 16.1 Å². The summed E-state index contributed by atoms with van der Waals surface area (Å²) in [5.41, 5.74) is 1.02. The highest BCUT2D eigenvalue weighted by Gasteiger charge is 1.82. The van der Waals surface area contributed by atoms with E-state index in [-0.39, 0.29) is 0 Å². The first kappa shape index (κ1) is 5.49. The molecule has 0 aliphatic rings. The summed E-state index contributed by atoms with van der Waals surface area (Å²) in [5, 5.41) is 2.44. The summed E-state index contributed by atoms with van der Waals surface area (Å²) in [7, 11) is 0. The minimum Gasteiger partial charge on any atom is -0.319 e. The Kier molecular flexibility index (Phi) is 2.51. The molecule has 1 aromatic heterocycles. The molecular formula is C10H14N2. The van der Waals surface area contributed by atoms with E-state index in [0.29, 0.717) is 13.0 Å². The van der Waals surface area contributed by atoms with Gasteiger partial charge < -0.3 is 5.32 Å². The van der Waals surface area contributed by atoms with Crippen LogP contribution < -0.4 is 5.32 Å². The molecule has 1 heterocycles. The lowest BCUT2D eigenvalue weighted by molar-refractivity contribution is 0.809. The Labute approximate surface area is 77.6 Å². The number of aromatic nitrogens is 1. The molecule has 0 saturated heterocycles. The Morgan fingerprint density at radius 3 is 3.50 bits per heavy atom. The molecule has 0 fully saturated rings. The Morgan fingerprint density at radius 2 is 2.75 bits per heavy atom. The highest BCUT2D eigenvalue weighted by atomic mass is 14.9. The van der Waals surface area contributed by atoms with Gasteiger partial charge in [-0.05, 0) is 31.6 Å². The number of hydrogen-bond acceptors (Lipinski definition) is 2. The fourth-order valence-electron chi connectivity index (χ4n) is 0.849. The second-order valence-electron chi connectivity index (χ2n) is 2.40. The first-order chi connectivity index (χ1) is 7.08. The molecule has 0 atom stereocenters. The van der Waals surface area contributed by atoms with Crippen molar-refractivity contribution in [3.63, 3.8) is 0 Å². The molecule has 2 heteroatoms. The van der Waals surface area contributed by atoms with Crippen molar-refractivity contribution in [2.45, 2.75) is 6.42 Å². The van der Waals surface area contributed by atoms with Gasteiger partial charge in [-0.2, -0.15) is 0 Å². The van der Waals surface area contributed by atoms with Crippen molar-refractivity contribution in [2.75, 3.05) is 13.5 Å². The number of nitrogens with one attached hydrogen (secondary N) is 1. The third kappa shape index (κ3) is 3.30. The number of rotatable bonds is 4. The van der Waals surface area contributed by atoms with Gasteiger partial charge in [0.05, 0.1) is 0 Å². The van der Waals surface area contributed by atoms with E-state index in [1.54, 1.807) is 12.4 Å². The summed E-state index contributed by atoms with van der Waals surface area (Å²) < 4.78 is 20.8. The maximum atomic E-state index is 6.92. The van der Waals surface area contributed by atoms with Gasteiger partial charge in [0.15, 0.2) is 0 Å². The van der Waals surface area contributed by atoms with Crippen LogP contribution in [0.25, 0.3) is 6.08 Å². The molecule has 0 unspecified atom stereocenters. The molecule has 1 rings (SSSR count). The molecule has 1 N–H and O–H groups in total. The maximum absolute atomic E-state index is 6.92. The van der Waals surface area contributed by atoms with Crippen LogP contribution in [-0.4, -0.2) is 18.5 Å². The average molecular weight is 166 g/mol. The average Bonchev–Trinajstić information content (AvgIpc) is 2.17. The van der Waals surface area contributed by atoms with Crippen LogP contribution in [0.2, 0.25) is 0 Å². The second-order valence-corrected chi connectivity index (χ2v) is 2.40. The highest BCUT2D eigenvalue weighted by molar-refractivity contribution is 5.47. The van der Waals surface area contributed by atoms with Gasteiger partial charge in [-0.3, -0.25) is 4.98 Å². The summed E-state index contributed by atoms with van der Waals surface area (Å²) in [6, 6.07) is 3.81.